The van der Waals surface area contributed by atoms with E-state index >= 15 is 0 Å². The number of carboxylic acid groups (broad SMARTS) is 1. The van der Waals surface area contributed by atoms with Gasteiger partial charge in [-0.15, -0.1) is 0 Å². The molecule has 0 amide bonds. The number of carbonyl (C=O) groups is 1. The van der Waals surface area contributed by atoms with Gasteiger partial charge in [0.1, 0.15) is 5.52 Å². The monoisotopic (exact) mass is 349 g/mol. The third-order valence-electron chi connectivity index (χ3n) is 2.63. The molecule has 3 rings (SSSR count). The summed E-state index contributed by atoms with van der Waals surface area (Å²) in [6.45, 7) is 0. The van der Waals surface area contributed by atoms with E-state index in [-0.39, 0.29) is 5.56 Å². The van der Waals surface area contributed by atoms with Crippen molar-refractivity contribution in [1.29, 1.82) is 0 Å². The molecule has 1 heterocycles. The first-order chi connectivity index (χ1) is 9.61. The van der Waals surface area contributed by atoms with Gasteiger partial charge in [0.2, 0.25) is 0 Å². The fourth-order valence-electron chi connectivity index (χ4n) is 1.68. The first kappa shape index (κ1) is 13.2. The van der Waals surface area contributed by atoms with Crippen molar-refractivity contribution < 1.29 is 14.3 Å². The quantitative estimate of drug-likeness (QED) is 0.757. The molecule has 2 aromatic carbocycles. The number of nitrogens with zero attached hydrogens (tertiary/aromatic N) is 1. The van der Waals surface area contributed by atoms with E-state index in [0.717, 1.165) is 9.37 Å². The Morgan fingerprint density at radius 2 is 1.95 bits per heavy atom. The van der Waals surface area contributed by atoms with E-state index in [9.17, 15) is 4.79 Å². The molecule has 1 N–H and O–H groups in total. The normalized spacial score (nSPS) is 10.8. The second-order valence-electron chi connectivity index (χ2n) is 4.02. The molecule has 0 aliphatic carbocycles. The molecule has 20 heavy (non-hydrogen) atoms. The van der Waals surface area contributed by atoms with Crippen molar-refractivity contribution in [1.82, 2.24) is 4.98 Å². The second kappa shape index (κ2) is 5.30. The van der Waals surface area contributed by atoms with Crippen LogP contribution in [-0.4, -0.2) is 16.1 Å². The van der Waals surface area contributed by atoms with Gasteiger partial charge in [0.05, 0.1) is 5.56 Å². The van der Waals surface area contributed by atoms with Crippen LogP contribution in [0.3, 0.4) is 0 Å². The Morgan fingerprint density at radius 3 is 2.65 bits per heavy atom. The van der Waals surface area contributed by atoms with Crippen LogP contribution >= 0.6 is 27.7 Å². The minimum atomic E-state index is -0.981. The number of aromatic carboxylic acids is 1. The zero-order chi connectivity index (χ0) is 14.1. The van der Waals surface area contributed by atoms with Gasteiger partial charge in [-0.05, 0) is 54.2 Å². The maximum absolute atomic E-state index is 10.9. The summed E-state index contributed by atoms with van der Waals surface area (Å²) in [4.78, 5) is 16.2. The summed E-state index contributed by atoms with van der Waals surface area (Å²) in [5, 5.41) is 9.43. The first-order valence-electron chi connectivity index (χ1n) is 5.69. The number of oxazole rings is 1. The fraction of sp³-hybridized carbons (Fsp3) is 0. The summed E-state index contributed by atoms with van der Waals surface area (Å²) in [5.74, 6) is -0.981. The van der Waals surface area contributed by atoms with Crippen molar-refractivity contribution >= 4 is 44.8 Å². The third-order valence-corrected chi connectivity index (χ3v) is 4.02. The standard InChI is InChI=1S/C14H8BrNO3S/c15-9-2-4-10(5-3-9)20-14-16-11-6-1-8(13(17)18)7-12(11)19-14/h1-7H,(H,17,18). The van der Waals surface area contributed by atoms with Crippen LogP contribution in [0.4, 0.5) is 0 Å². The minimum absolute atomic E-state index is 0.189. The van der Waals surface area contributed by atoms with E-state index in [1.54, 1.807) is 6.07 Å². The summed E-state index contributed by atoms with van der Waals surface area (Å²) < 4.78 is 6.57. The number of aromatic nitrogens is 1. The van der Waals surface area contributed by atoms with E-state index < -0.39 is 5.97 Å². The molecule has 4 nitrogen and oxygen atoms in total. The van der Waals surface area contributed by atoms with Crippen LogP contribution in [0.1, 0.15) is 10.4 Å². The Hall–Kier alpha value is -1.79. The lowest BCUT2D eigenvalue weighted by atomic mass is 10.2. The zero-order valence-corrected chi connectivity index (χ0v) is 12.4. The molecule has 0 saturated carbocycles. The average molecular weight is 350 g/mol. The van der Waals surface area contributed by atoms with Gasteiger partial charge in [-0.1, -0.05) is 15.9 Å². The Kier molecular flexibility index (Phi) is 3.50. The van der Waals surface area contributed by atoms with Gasteiger partial charge < -0.3 is 9.52 Å². The van der Waals surface area contributed by atoms with Gasteiger partial charge in [-0.3, -0.25) is 0 Å². The lowest BCUT2D eigenvalue weighted by Gasteiger charge is -1.96. The molecule has 3 aromatic rings. The van der Waals surface area contributed by atoms with Crippen molar-refractivity contribution in [2.75, 3.05) is 0 Å². The number of fused-ring (bicyclic) bond motifs is 1. The van der Waals surface area contributed by atoms with E-state index in [0.29, 0.717) is 16.3 Å². The maximum Gasteiger partial charge on any atom is 0.335 e. The van der Waals surface area contributed by atoms with E-state index in [4.69, 9.17) is 9.52 Å². The minimum Gasteiger partial charge on any atom is -0.478 e. The fourth-order valence-corrected chi connectivity index (χ4v) is 2.70. The van der Waals surface area contributed by atoms with Gasteiger partial charge >= 0.3 is 5.97 Å². The summed E-state index contributed by atoms with van der Waals surface area (Å²) >= 11 is 4.77. The SMILES string of the molecule is O=C(O)c1ccc2nc(Sc3ccc(Br)cc3)oc2c1. The number of rotatable bonds is 3. The molecule has 0 aliphatic rings. The summed E-state index contributed by atoms with van der Waals surface area (Å²) in [6, 6.07) is 12.4. The molecule has 1 aromatic heterocycles. The molecule has 0 bridgehead atoms. The first-order valence-corrected chi connectivity index (χ1v) is 7.30. The number of halogens is 1. The lowest BCUT2D eigenvalue weighted by molar-refractivity contribution is 0.0697. The summed E-state index contributed by atoms with van der Waals surface area (Å²) in [7, 11) is 0. The van der Waals surface area contributed by atoms with Gasteiger partial charge in [-0.2, -0.15) is 0 Å². The van der Waals surface area contributed by atoms with Crippen molar-refractivity contribution in [2.24, 2.45) is 0 Å². The van der Waals surface area contributed by atoms with Crippen molar-refractivity contribution in [2.45, 2.75) is 10.1 Å². The Balaban J connectivity index is 1.92. The number of hydrogen-bond donors (Lipinski definition) is 1. The molecular formula is C14H8BrNO3S. The molecule has 0 atom stereocenters. The van der Waals surface area contributed by atoms with Crippen molar-refractivity contribution in [3.8, 4) is 0 Å². The number of carboxylic acids is 1. The van der Waals surface area contributed by atoms with E-state index in [1.807, 2.05) is 24.3 Å². The van der Waals surface area contributed by atoms with Crippen LogP contribution in [0.15, 0.2) is 61.5 Å². The Morgan fingerprint density at radius 1 is 1.20 bits per heavy atom. The van der Waals surface area contributed by atoms with Crippen LogP contribution in [0.5, 0.6) is 0 Å². The summed E-state index contributed by atoms with van der Waals surface area (Å²) in [5.41, 5.74) is 1.31. The molecule has 0 radical (unpaired) electrons. The highest BCUT2D eigenvalue weighted by Crippen LogP contribution is 2.30. The zero-order valence-electron chi connectivity index (χ0n) is 10.0. The molecule has 6 heteroatoms. The van der Waals surface area contributed by atoms with Gasteiger partial charge in [0.25, 0.3) is 5.22 Å². The van der Waals surface area contributed by atoms with Crippen LogP contribution in [0, 0.1) is 0 Å². The second-order valence-corrected chi connectivity index (χ2v) is 5.96. The van der Waals surface area contributed by atoms with Crippen LogP contribution < -0.4 is 0 Å². The third kappa shape index (κ3) is 2.71. The maximum atomic E-state index is 10.9. The molecular weight excluding hydrogens is 342 g/mol. The number of hydrogen-bond acceptors (Lipinski definition) is 4. The smallest absolute Gasteiger partial charge is 0.335 e. The van der Waals surface area contributed by atoms with Crippen LogP contribution in [0.25, 0.3) is 11.1 Å². The molecule has 0 saturated heterocycles. The van der Waals surface area contributed by atoms with Crippen LogP contribution in [0.2, 0.25) is 0 Å². The molecule has 100 valence electrons. The molecule has 0 fully saturated rings. The van der Waals surface area contributed by atoms with E-state index in [1.165, 1.54) is 23.9 Å². The van der Waals surface area contributed by atoms with Gasteiger partial charge in [0, 0.05) is 9.37 Å². The highest BCUT2D eigenvalue weighted by Gasteiger charge is 2.10. The summed E-state index contributed by atoms with van der Waals surface area (Å²) in [6.07, 6.45) is 0. The molecule has 0 unspecified atom stereocenters. The largest absolute Gasteiger partial charge is 0.478 e. The predicted octanol–water partition coefficient (Wildman–Crippen LogP) is 4.44. The van der Waals surface area contributed by atoms with Crippen molar-refractivity contribution in [3.63, 3.8) is 0 Å². The van der Waals surface area contributed by atoms with Gasteiger partial charge in [-0.25, -0.2) is 9.78 Å². The average Bonchev–Trinajstić information content (AvgIpc) is 2.82. The Bertz CT molecular complexity index is 783. The lowest BCUT2D eigenvalue weighted by Crippen LogP contribution is -1.94. The predicted molar refractivity (Wildman–Crippen MR) is 79.2 cm³/mol. The Labute approximate surface area is 126 Å². The topological polar surface area (TPSA) is 63.3 Å². The molecule has 0 spiro atoms. The number of benzene rings is 2. The highest BCUT2D eigenvalue weighted by molar-refractivity contribution is 9.10. The van der Waals surface area contributed by atoms with Crippen LogP contribution in [-0.2, 0) is 0 Å². The highest BCUT2D eigenvalue weighted by atomic mass is 79.9. The van der Waals surface area contributed by atoms with Gasteiger partial charge in [0.15, 0.2) is 5.58 Å². The van der Waals surface area contributed by atoms with E-state index in [2.05, 4.69) is 20.9 Å². The van der Waals surface area contributed by atoms with Crippen molar-refractivity contribution in [3.05, 3.63) is 52.5 Å². The molecule has 0 aliphatic heterocycles.